The Bertz CT molecular complexity index is 651. The summed E-state index contributed by atoms with van der Waals surface area (Å²) in [6.45, 7) is 2.73. The number of rotatable bonds is 5. The van der Waals surface area contributed by atoms with Crippen molar-refractivity contribution in [2.45, 2.75) is 44.7 Å². The molecule has 2 amide bonds. The number of nitrogens with zero attached hydrogens (tertiary/aromatic N) is 1. The second-order valence-electron chi connectivity index (χ2n) is 7.63. The first-order valence-electron chi connectivity index (χ1n) is 8.99. The number of nitrogens with two attached hydrogens (primary N) is 1. The minimum Gasteiger partial charge on any atom is -0.366 e. The lowest BCUT2D eigenvalue weighted by Crippen LogP contribution is -2.37. The van der Waals surface area contributed by atoms with Gasteiger partial charge in [-0.2, -0.15) is 0 Å². The molecule has 2 saturated carbocycles. The molecule has 3 N–H and O–H groups in total. The summed E-state index contributed by atoms with van der Waals surface area (Å²) in [5.74, 6) is 0.158. The summed E-state index contributed by atoms with van der Waals surface area (Å²) in [6.07, 6.45) is 5.57. The first-order chi connectivity index (χ1) is 11.6. The number of carbonyl (C=O) groups is 2. The quantitative estimate of drug-likeness (QED) is 0.841. The molecule has 1 aromatic rings. The maximum absolute atomic E-state index is 13.1. The van der Waals surface area contributed by atoms with Crippen LogP contribution in [0.1, 0.15) is 48.0 Å². The largest absolute Gasteiger partial charge is 0.366 e. The molecule has 1 spiro atoms. The van der Waals surface area contributed by atoms with Crippen LogP contribution in [0.15, 0.2) is 24.3 Å². The molecular weight excluding hydrogens is 338 g/mol. The van der Waals surface area contributed by atoms with Crippen molar-refractivity contribution in [3.8, 4) is 0 Å². The highest BCUT2D eigenvalue weighted by Gasteiger charge is 2.59. The number of halogens is 1. The van der Waals surface area contributed by atoms with Crippen molar-refractivity contribution in [3.63, 3.8) is 0 Å². The molecule has 1 aliphatic heterocycles. The van der Waals surface area contributed by atoms with E-state index < -0.39 is 5.91 Å². The average molecular weight is 364 g/mol. The van der Waals surface area contributed by atoms with Gasteiger partial charge in [-0.05, 0) is 68.3 Å². The Morgan fingerprint density at radius 2 is 1.80 bits per heavy atom. The standard InChI is InChI=1S/C19H25N3O2.ClH/c20-17(23)14-3-1-13(2-4-14)12-22(15-5-6-15)18(24)16-11-19(16)7-9-21-10-8-19;/h1-4,15-16,21H,5-12H2,(H2,20,23);1H. The molecule has 3 aliphatic rings. The van der Waals surface area contributed by atoms with Gasteiger partial charge in [0.15, 0.2) is 0 Å². The van der Waals surface area contributed by atoms with Gasteiger partial charge in [-0.3, -0.25) is 9.59 Å². The smallest absolute Gasteiger partial charge is 0.248 e. The minimum atomic E-state index is -0.414. The third-order valence-corrected chi connectivity index (χ3v) is 5.95. The van der Waals surface area contributed by atoms with Gasteiger partial charge >= 0.3 is 0 Å². The van der Waals surface area contributed by atoms with Crippen LogP contribution in [0, 0.1) is 11.3 Å². The van der Waals surface area contributed by atoms with Crippen molar-refractivity contribution >= 4 is 24.2 Å². The summed E-state index contributed by atoms with van der Waals surface area (Å²) in [5.41, 5.74) is 7.16. The van der Waals surface area contributed by atoms with Gasteiger partial charge in [-0.25, -0.2) is 0 Å². The maximum Gasteiger partial charge on any atom is 0.248 e. The predicted octanol–water partition coefficient (Wildman–Crippen LogP) is 2.09. The Morgan fingerprint density at radius 3 is 2.36 bits per heavy atom. The van der Waals surface area contributed by atoms with Gasteiger partial charge in [0, 0.05) is 24.1 Å². The van der Waals surface area contributed by atoms with Crippen molar-refractivity contribution in [2.24, 2.45) is 17.1 Å². The van der Waals surface area contributed by atoms with Crippen LogP contribution < -0.4 is 11.1 Å². The zero-order chi connectivity index (χ0) is 16.7. The van der Waals surface area contributed by atoms with Crippen LogP contribution in [-0.4, -0.2) is 35.8 Å². The third kappa shape index (κ3) is 3.67. The van der Waals surface area contributed by atoms with Gasteiger partial charge in [0.1, 0.15) is 0 Å². The highest BCUT2D eigenvalue weighted by atomic mass is 35.5. The van der Waals surface area contributed by atoms with E-state index >= 15 is 0 Å². The van der Waals surface area contributed by atoms with Gasteiger partial charge < -0.3 is 16.0 Å². The topological polar surface area (TPSA) is 75.4 Å². The fourth-order valence-corrected chi connectivity index (χ4v) is 4.12. The molecule has 2 aliphatic carbocycles. The molecule has 0 radical (unpaired) electrons. The predicted molar refractivity (Wildman–Crippen MR) is 98.4 cm³/mol. The Kier molecular flexibility index (Phi) is 5.07. The first kappa shape index (κ1) is 18.2. The number of piperidine rings is 1. The summed E-state index contributed by atoms with van der Waals surface area (Å²) in [7, 11) is 0. The van der Waals surface area contributed by atoms with E-state index in [9.17, 15) is 9.59 Å². The van der Waals surface area contributed by atoms with Crippen molar-refractivity contribution in [1.82, 2.24) is 10.2 Å². The van der Waals surface area contributed by atoms with Crippen LogP contribution in [0.4, 0.5) is 0 Å². The monoisotopic (exact) mass is 363 g/mol. The summed E-state index contributed by atoms with van der Waals surface area (Å²) in [5, 5.41) is 3.40. The van der Waals surface area contributed by atoms with Crippen molar-refractivity contribution in [2.75, 3.05) is 13.1 Å². The van der Waals surface area contributed by atoms with Crippen molar-refractivity contribution in [1.29, 1.82) is 0 Å². The molecule has 0 bridgehead atoms. The van der Waals surface area contributed by atoms with Crippen LogP contribution in [-0.2, 0) is 11.3 Å². The van der Waals surface area contributed by atoms with E-state index in [2.05, 4.69) is 10.2 Å². The van der Waals surface area contributed by atoms with E-state index in [1.54, 1.807) is 12.1 Å². The van der Waals surface area contributed by atoms with Gasteiger partial charge in [-0.15, -0.1) is 12.4 Å². The van der Waals surface area contributed by atoms with E-state index in [0.717, 1.165) is 50.8 Å². The molecule has 1 unspecified atom stereocenters. The maximum atomic E-state index is 13.1. The number of hydrogen-bond donors (Lipinski definition) is 2. The molecule has 1 heterocycles. The number of benzene rings is 1. The Morgan fingerprint density at radius 1 is 1.16 bits per heavy atom. The fourth-order valence-electron chi connectivity index (χ4n) is 4.12. The van der Waals surface area contributed by atoms with Crippen LogP contribution in [0.25, 0.3) is 0 Å². The van der Waals surface area contributed by atoms with Crippen LogP contribution >= 0.6 is 12.4 Å². The molecule has 5 nitrogen and oxygen atoms in total. The van der Waals surface area contributed by atoms with Crippen LogP contribution in [0.3, 0.4) is 0 Å². The summed E-state index contributed by atoms with van der Waals surface area (Å²) in [4.78, 5) is 26.3. The molecule has 0 aromatic heterocycles. The minimum absolute atomic E-state index is 0. The molecule has 1 atom stereocenters. The molecule has 25 heavy (non-hydrogen) atoms. The molecule has 136 valence electrons. The number of nitrogens with one attached hydrogen (secondary N) is 1. The lowest BCUT2D eigenvalue weighted by atomic mass is 9.91. The highest BCUT2D eigenvalue weighted by Crippen LogP contribution is 2.59. The third-order valence-electron chi connectivity index (χ3n) is 5.95. The van der Waals surface area contributed by atoms with Gasteiger partial charge in [0.25, 0.3) is 0 Å². The van der Waals surface area contributed by atoms with E-state index in [1.165, 1.54) is 0 Å². The lowest BCUT2D eigenvalue weighted by molar-refractivity contribution is -0.134. The number of carbonyl (C=O) groups excluding carboxylic acids is 2. The highest BCUT2D eigenvalue weighted by molar-refractivity contribution is 5.92. The van der Waals surface area contributed by atoms with Crippen LogP contribution in [0.2, 0.25) is 0 Å². The van der Waals surface area contributed by atoms with E-state index in [4.69, 9.17) is 5.73 Å². The summed E-state index contributed by atoms with van der Waals surface area (Å²) >= 11 is 0. The Labute approximate surface area is 154 Å². The number of primary amides is 1. The van der Waals surface area contributed by atoms with Gasteiger partial charge in [0.05, 0.1) is 0 Å². The average Bonchev–Trinajstić information content (AvgIpc) is 3.50. The van der Waals surface area contributed by atoms with E-state index in [1.807, 2.05) is 12.1 Å². The van der Waals surface area contributed by atoms with E-state index in [-0.39, 0.29) is 23.7 Å². The molecular formula is C19H26ClN3O2. The zero-order valence-electron chi connectivity index (χ0n) is 14.4. The van der Waals surface area contributed by atoms with E-state index in [0.29, 0.717) is 24.1 Å². The molecule has 1 aromatic carbocycles. The molecule has 6 heteroatoms. The Hall–Kier alpha value is -1.59. The van der Waals surface area contributed by atoms with Crippen LogP contribution in [0.5, 0.6) is 0 Å². The summed E-state index contributed by atoms with van der Waals surface area (Å²) < 4.78 is 0. The molecule has 4 rings (SSSR count). The SMILES string of the molecule is Cl.NC(=O)c1ccc(CN(C(=O)C2CC23CCNCC3)C2CC2)cc1. The number of amides is 2. The molecule has 3 fully saturated rings. The summed E-state index contributed by atoms with van der Waals surface area (Å²) in [6, 6.07) is 7.73. The number of hydrogen-bond acceptors (Lipinski definition) is 3. The second kappa shape index (κ2) is 6.96. The molecule has 1 saturated heterocycles. The van der Waals surface area contributed by atoms with Gasteiger partial charge in [0.2, 0.25) is 11.8 Å². The second-order valence-corrected chi connectivity index (χ2v) is 7.63. The normalized spacial score (nSPS) is 23.6. The van der Waals surface area contributed by atoms with Crippen molar-refractivity contribution < 1.29 is 9.59 Å². The zero-order valence-corrected chi connectivity index (χ0v) is 15.2. The first-order valence-corrected chi connectivity index (χ1v) is 8.99. The van der Waals surface area contributed by atoms with Gasteiger partial charge in [-0.1, -0.05) is 12.1 Å². The fraction of sp³-hybridized carbons (Fsp3) is 0.579. The Balaban J connectivity index is 0.00000182. The lowest BCUT2D eigenvalue weighted by Gasteiger charge is -2.27. The van der Waals surface area contributed by atoms with Crippen molar-refractivity contribution in [3.05, 3.63) is 35.4 Å².